The molecule has 1 atom stereocenters. The van der Waals surface area contributed by atoms with E-state index < -0.39 is 28.5 Å². The maximum Gasteiger partial charge on any atom is 0.264 e. The van der Waals surface area contributed by atoms with Gasteiger partial charge in [0.2, 0.25) is 11.8 Å². The van der Waals surface area contributed by atoms with Crippen LogP contribution in [-0.4, -0.2) is 44.3 Å². The molecule has 0 saturated heterocycles. The van der Waals surface area contributed by atoms with Crippen molar-refractivity contribution in [1.82, 2.24) is 10.2 Å². The predicted octanol–water partition coefficient (Wildman–Crippen LogP) is 5.83. The number of hydrogen-bond acceptors (Lipinski definition) is 4. The van der Waals surface area contributed by atoms with Crippen molar-refractivity contribution in [1.29, 1.82) is 0 Å². The van der Waals surface area contributed by atoms with E-state index in [2.05, 4.69) is 5.32 Å². The zero-order chi connectivity index (χ0) is 28.6. The number of nitrogens with zero attached hydrogens (tertiary/aromatic N) is 2. The Kier molecular flexibility index (Phi) is 10.8. The smallest absolute Gasteiger partial charge is 0.264 e. The first-order valence-electron chi connectivity index (χ1n) is 12.7. The van der Waals surface area contributed by atoms with E-state index in [9.17, 15) is 18.0 Å². The molecule has 0 aromatic heterocycles. The van der Waals surface area contributed by atoms with Crippen molar-refractivity contribution in [3.8, 4) is 0 Å². The van der Waals surface area contributed by atoms with Crippen molar-refractivity contribution >= 4 is 50.7 Å². The quantitative estimate of drug-likeness (QED) is 0.288. The third-order valence-corrected chi connectivity index (χ3v) is 8.60. The molecule has 1 N–H and O–H groups in total. The Morgan fingerprint density at radius 3 is 2.21 bits per heavy atom. The number of nitrogens with one attached hydrogen (secondary N) is 1. The lowest BCUT2D eigenvalue weighted by atomic mass is 10.1. The highest BCUT2D eigenvalue weighted by Crippen LogP contribution is 2.27. The summed E-state index contributed by atoms with van der Waals surface area (Å²) in [6.07, 6.45) is 1.05. The third kappa shape index (κ3) is 7.75. The van der Waals surface area contributed by atoms with Crippen molar-refractivity contribution in [2.75, 3.05) is 17.4 Å². The fourth-order valence-electron chi connectivity index (χ4n) is 4.08. The molecular weight excluding hydrogens is 557 g/mol. The van der Waals surface area contributed by atoms with Gasteiger partial charge in [-0.2, -0.15) is 0 Å². The van der Waals surface area contributed by atoms with Gasteiger partial charge in [-0.3, -0.25) is 13.9 Å². The molecule has 3 aromatic carbocycles. The summed E-state index contributed by atoms with van der Waals surface area (Å²) in [6, 6.07) is 19.0. The first-order chi connectivity index (χ1) is 18.6. The largest absolute Gasteiger partial charge is 0.354 e. The van der Waals surface area contributed by atoms with Crippen LogP contribution < -0.4 is 9.62 Å². The first-order valence-corrected chi connectivity index (χ1v) is 14.9. The SMILES string of the molecule is CCCNC(=O)[C@H](CC)N(Cc1ccc(Cl)cc1Cl)C(=O)CN(c1ccccc1)S(=O)(=O)c1ccc(C)cc1. The van der Waals surface area contributed by atoms with Gasteiger partial charge in [0, 0.05) is 23.1 Å². The summed E-state index contributed by atoms with van der Waals surface area (Å²) in [4.78, 5) is 28.6. The Labute approximate surface area is 240 Å². The molecule has 0 aliphatic carbocycles. The minimum absolute atomic E-state index is 0.0000955. The topological polar surface area (TPSA) is 86.8 Å². The molecule has 0 aliphatic rings. The number of aryl methyl sites for hydroxylation is 1. The van der Waals surface area contributed by atoms with Gasteiger partial charge in [-0.05, 0) is 61.7 Å². The molecule has 2 amide bonds. The third-order valence-electron chi connectivity index (χ3n) is 6.22. The lowest BCUT2D eigenvalue weighted by Crippen LogP contribution is -2.52. The van der Waals surface area contributed by atoms with Crippen LogP contribution in [0.4, 0.5) is 5.69 Å². The molecule has 0 heterocycles. The number of anilines is 1. The molecule has 39 heavy (non-hydrogen) atoms. The highest BCUT2D eigenvalue weighted by Gasteiger charge is 2.33. The van der Waals surface area contributed by atoms with Gasteiger partial charge in [-0.1, -0.05) is 79.0 Å². The molecule has 0 saturated carbocycles. The molecule has 7 nitrogen and oxygen atoms in total. The average Bonchev–Trinajstić information content (AvgIpc) is 2.92. The number of halogens is 2. The van der Waals surface area contributed by atoms with Gasteiger partial charge in [0.1, 0.15) is 12.6 Å². The van der Waals surface area contributed by atoms with Gasteiger partial charge in [0.05, 0.1) is 10.6 Å². The second-order valence-electron chi connectivity index (χ2n) is 9.13. The van der Waals surface area contributed by atoms with Crippen LogP contribution in [0.3, 0.4) is 0 Å². The van der Waals surface area contributed by atoms with E-state index in [1.165, 1.54) is 17.0 Å². The Bertz CT molecular complexity index is 1380. The summed E-state index contributed by atoms with van der Waals surface area (Å²) in [5, 5.41) is 3.64. The van der Waals surface area contributed by atoms with Crippen LogP contribution in [0.5, 0.6) is 0 Å². The average molecular weight is 591 g/mol. The summed E-state index contributed by atoms with van der Waals surface area (Å²) >= 11 is 12.5. The zero-order valence-electron chi connectivity index (χ0n) is 22.2. The van der Waals surface area contributed by atoms with Crippen molar-refractivity contribution in [2.45, 2.75) is 51.1 Å². The van der Waals surface area contributed by atoms with E-state index >= 15 is 0 Å². The number of carbonyl (C=O) groups is 2. The molecular formula is C29H33Cl2N3O4S. The summed E-state index contributed by atoms with van der Waals surface area (Å²) < 4.78 is 28.7. The number of hydrogen-bond donors (Lipinski definition) is 1. The highest BCUT2D eigenvalue weighted by atomic mass is 35.5. The Morgan fingerprint density at radius 2 is 1.62 bits per heavy atom. The van der Waals surface area contributed by atoms with Crippen LogP contribution in [0.15, 0.2) is 77.7 Å². The van der Waals surface area contributed by atoms with Crippen molar-refractivity contribution in [2.24, 2.45) is 0 Å². The molecule has 0 radical (unpaired) electrons. The van der Waals surface area contributed by atoms with E-state index in [-0.39, 0.29) is 17.3 Å². The maximum absolute atomic E-state index is 14.0. The Balaban J connectivity index is 2.04. The number of amides is 2. The van der Waals surface area contributed by atoms with Gasteiger partial charge in [0.15, 0.2) is 0 Å². The van der Waals surface area contributed by atoms with E-state index in [0.29, 0.717) is 34.3 Å². The monoisotopic (exact) mass is 589 g/mol. The maximum atomic E-state index is 14.0. The zero-order valence-corrected chi connectivity index (χ0v) is 24.6. The summed E-state index contributed by atoms with van der Waals surface area (Å²) in [5.41, 5.74) is 1.83. The number of para-hydroxylation sites is 1. The first kappa shape index (κ1) is 30.5. The minimum atomic E-state index is -4.11. The summed E-state index contributed by atoms with van der Waals surface area (Å²) in [6.45, 7) is 5.55. The molecule has 0 fully saturated rings. The van der Waals surface area contributed by atoms with Crippen molar-refractivity contribution < 1.29 is 18.0 Å². The molecule has 0 unspecified atom stereocenters. The lowest BCUT2D eigenvalue weighted by molar-refractivity contribution is -0.140. The van der Waals surface area contributed by atoms with Gasteiger partial charge in [-0.15, -0.1) is 0 Å². The fourth-order valence-corrected chi connectivity index (χ4v) is 5.96. The molecule has 3 aromatic rings. The van der Waals surface area contributed by atoms with Crippen molar-refractivity contribution in [3.05, 3.63) is 94.0 Å². The van der Waals surface area contributed by atoms with Crippen LogP contribution in [0.25, 0.3) is 0 Å². The Hall–Kier alpha value is -3.07. The molecule has 208 valence electrons. The fraction of sp³-hybridized carbons (Fsp3) is 0.310. The molecule has 0 spiro atoms. The standard InChI is InChI=1S/C29H33Cl2N3O4S/c1-4-17-32-29(36)27(5-2)33(19-22-13-14-23(30)18-26(22)31)28(35)20-34(24-9-7-6-8-10-24)39(37,38)25-15-11-21(3)12-16-25/h6-16,18,27H,4-5,17,19-20H2,1-3H3,(H,32,36)/t27-/m0/s1. The van der Waals surface area contributed by atoms with Gasteiger partial charge >= 0.3 is 0 Å². The number of carbonyl (C=O) groups excluding carboxylic acids is 2. The molecule has 0 bridgehead atoms. The van der Waals surface area contributed by atoms with E-state index in [0.717, 1.165) is 16.3 Å². The van der Waals surface area contributed by atoms with Crippen molar-refractivity contribution in [3.63, 3.8) is 0 Å². The van der Waals surface area contributed by atoms with Crippen LogP contribution in [-0.2, 0) is 26.2 Å². The second kappa shape index (κ2) is 13.8. The van der Waals surface area contributed by atoms with E-state index in [4.69, 9.17) is 23.2 Å². The lowest BCUT2D eigenvalue weighted by Gasteiger charge is -2.33. The summed E-state index contributed by atoms with van der Waals surface area (Å²) in [5.74, 6) is -0.857. The molecule has 0 aliphatic heterocycles. The number of benzene rings is 3. The van der Waals surface area contributed by atoms with Gasteiger partial charge in [-0.25, -0.2) is 8.42 Å². The Morgan fingerprint density at radius 1 is 0.949 bits per heavy atom. The predicted molar refractivity (Wildman–Crippen MR) is 157 cm³/mol. The minimum Gasteiger partial charge on any atom is -0.354 e. The van der Waals surface area contributed by atoms with E-state index in [1.54, 1.807) is 67.6 Å². The second-order valence-corrected chi connectivity index (χ2v) is 11.8. The van der Waals surface area contributed by atoms with Crippen LogP contribution in [0.1, 0.15) is 37.8 Å². The normalized spacial score (nSPS) is 12.0. The van der Waals surface area contributed by atoms with Gasteiger partial charge < -0.3 is 10.2 Å². The van der Waals surface area contributed by atoms with Gasteiger partial charge in [0.25, 0.3) is 10.0 Å². The van der Waals surface area contributed by atoms with Crippen LogP contribution >= 0.6 is 23.2 Å². The number of sulfonamides is 1. The van der Waals surface area contributed by atoms with E-state index in [1.807, 2.05) is 13.8 Å². The molecule has 10 heteroatoms. The van der Waals surface area contributed by atoms with Crippen LogP contribution in [0, 0.1) is 6.92 Å². The number of rotatable bonds is 12. The molecule has 3 rings (SSSR count). The van der Waals surface area contributed by atoms with Crippen LogP contribution in [0.2, 0.25) is 10.0 Å². The highest BCUT2D eigenvalue weighted by molar-refractivity contribution is 7.92. The summed E-state index contributed by atoms with van der Waals surface area (Å²) in [7, 11) is -4.11.